The third kappa shape index (κ3) is 2.88. The van der Waals surface area contributed by atoms with Crippen LogP contribution in [0.3, 0.4) is 0 Å². The van der Waals surface area contributed by atoms with Crippen molar-refractivity contribution in [2.75, 3.05) is 0 Å². The van der Waals surface area contributed by atoms with Gasteiger partial charge in [-0.15, -0.1) is 11.3 Å². The summed E-state index contributed by atoms with van der Waals surface area (Å²) >= 11 is 13.2. The lowest BCUT2D eigenvalue weighted by Gasteiger charge is -2.11. The molecule has 0 fully saturated rings. The third-order valence-electron chi connectivity index (χ3n) is 3.93. The van der Waals surface area contributed by atoms with Crippen molar-refractivity contribution in [3.63, 3.8) is 0 Å². The molecule has 9 heteroatoms. The number of halogens is 2. The summed E-state index contributed by atoms with van der Waals surface area (Å²) in [4.78, 5) is 38.6. The average molecular weight is 398 g/mol. The summed E-state index contributed by atoms with van der Waals surface area (Å²) in [5.74, 6) is -0.675. The third-order valence-corrected chi connectivity index (χ3v) is 5.90. The SMILES string of the molecule is Cc1sc2c(c1C)c(=O)n(-c1ccc(Cl)c(Cl)c1)c(=O)n2CC(N)=O. The first kappa shape index (κ1) is 17.7. The lowest BCUT2D eigenvalue weighted by Crippen LogP contribution is -2.40. The van der Waals surface area contributed by atoms with Gasteiger partial charge in [-0.25, -0.2) is 9.36 Å². The summed E-state index contributed by atoms with van der Waals surface area (Å²) in [5, 5.41) is 0.902. The van der Waals surface area contributed by atoms with E-state index in [-0.39, 0.29) is 17.3 Å². The van der Waals surface area contributed by atoms with Crippen LogP contribution in [-0.4, -0.2) is 15.0 Å². The fourth-order valence-electron chi connectivity index (χ4n) is 2.60. The molecule has 130 valence electrons. The molecule has 0 spiro atoms. The van der Waals surface area contributed by atoms with Crippen LogP contribution in [0.1, 0.15) is 10.4 Å². The summed E-state index contributed by atoms with van der Waals surface area (Å²) in [6.45, 7) is 3.33. The lowest BCUT2D eigenvalue weighted by molar-refractivity contribution is -0.118. The first-order chi connectivity index (χ1) is 11.7. The number of nitrogens with two attached hydrogens (primary N) is 1. The van der Waals surface area contributed by atoms with Crippen LogP contribution < -0.4 is 17.0 Å². The molecule has 1 aromatic carbocycles. The Bertz CT molecular complexity index is 1140. The molecule has 0 unspecified atom stereocenters. The van der Waals surface area contributed by atoms with Crippen molar-refractivity contribution in [1.29, 1.82) is 0 Å². The highest BCUT2D eigenvalue weighted by Gasteiger charge is 2.20. The molecule has 3 aromatic rings. The molecule has 1 amide bonds. The molecule has 0 aliphatic carbocycles. The van der Waals surface area contributed by atoms with Gasteiger partial charge < -0.3 is 5.73 Å². The molecule has 0 saturated heterocycles. The van der Waals surface area contributed by atoms with E-state index in [4.69, 9.17) is 28.9 Å². The number of nitrogens with zero attached hydrogens (tertiary/aromatic N) is 2. The summed E-state index contributed by atoms with van der Waals surface area (Å²) in [5.41, 5.74) is 5.18. The van der Waals surface area contributed by atoms with Gasteiger partial charge in [0.25, 0.3) is 5.56 Å². The molecule has 0 aliphatic heterocycles. The quantitative estimate of drug-likeness (QED) is 0.736. The predicted molar refractivity (Wildman–Crippen MR) is 100 cm³/mol. The topological polar surface area (TPSA) is 87.1 Å². The number of hydrogen-bond donors (Lipinski definition) is 1. The highest BCUT2D eigenvalue weighted by atomic mass is 35.5. The van der Waals surface area contributed by atoms with Crippen LogP contribution in [-0.2, 0) is 11.3 Å². The van der Waals surface area contributed by atoms with Gasteiger partial charge in [-0.1, -0.05) is 23.2 Å². The number of benzene rings is 1. The standard InChI is InChI=1S/C16H13Cl2N3O3S/c1-7-8(2)25-15-13(7)14(23)21(16(24)20(15)6-12(19)22)9-3-4-10(17)11(18)5-9/h3-5H,6H2,1-2H3,(H2,19,22). The summed E-state index contributed by atoms with van der Waals surface area (Å²) in [6.07, 6.45) is 0. The highest BCUT2D eigenvalue weighted by Crippen LogP contribution is 2.28. The molecule has 0 saturated carbocycles. The first-order valence-corrected chi connectivity index (χ1v) is 8.79. The average Bonchev–Trinajstić information content (AvgIpc) is 2.83. The van der Waals surface area contributed by atoms with Crippen molar-refractivity contribution in [3.8, 4) is 5.69 Å². The smallest absolute Gasteiger partial charge is 0.337 e. The van der Waals surface area contributed by atoms with Gasteiger partial charge in [-0.05, 0) is 37.6 Å². The minimum absolute atomic E-state index is 0.213. The molecule has 3 rings (SSSR count). The molecular formula is C16H13Cl2N3O3S. The van der Waals surface area contributed by atoms with E-state index in [0.29, 0.717) is 15.2 Å². The van der Waals surface area contributed by atoms with Crippen molar-refractivity contribution in [3.05, 3.63) is 59.5 Å². The van der Waals surface area contributed by atoms with Crippen LogP contribution in [0.25, 0.3) is 15.9 Å². The number of carbonyl (C=O) groups excluding carboxylic acids is 1. The molecule has 0 bridgehead atoms. The maximum absolute atomic E-state index is 13.0. The Balaban J connectivity index is 2.49. The number of primary amides is 1. The largest absolute Gasteiger partial charge is 0.368 e. The van der Waals surface area contributed by atoms with Gasteiger partial charge in [0, 0.05) is 4.88 Å². The predicted octanol–water partition coefficient (Wildman–Crippen LogP) is 2.62. The maximum atomic E-state index is 13.0. The number of fused-ring (bicyclic) bond motifs is 1. The lowest BCUT2D eigenvalue weighted by atomic mass is 10.2. The van der Waals surface area contributed by atoms with Gasteiger partial charge in [0.15, 0.2) is 0 Å². The van der Waals surface area contributed by atoms with E-state index in [1.807, 2.05) is 6.92 Å². The minimum atomic E-state index is -0.675. The van der Waals surface area contributed by atoms with E-state index in [0.717, 1.165) is 15.0 Å². The van der Waals surface area contributed by atoms with Crippen LogP contribution in [0.2, 0.25) is 10.0 Å². The van der Waals surface area contributed by atoms with Gasteiger partial charge in [-0.2, -0.15) is 0 Å². The summed E-state index contributed by atoms with van der Waals surface area (Å²) < 4.78 is 2.19. The normalized spacial score (nSPS) is 11.2. The van der Waals surface area contributed by atoms with Crippen molar-refractivity contribution in [2.45, 2.75) is 20.4 Å². The summed E-state index contributed by atoms with van der Waals surface area (Å²) in [6, 6.07) is 4.45. The van der Waals surface area contributed by atoms with Crippen LogP contribution in [0.15, 0.2) is 27.8 Å². The van der Waals surface area contributed by atoms with Gasteiger partial charge in [-0.3, -0.25) is 14.2 Å². The molecule has 2 aromatic heterocycles. The number of carbonyl (C=O) groups is 1. The Labute approximate surface area is 156 Å². The fourth-order valence-corrected chi connectivity index (χ4v) is 4.04. The van der Waals surface area contributed by atoms with Crippen LogP contribution >= 0.6 is 34.5 Å². The molecule has 25 heavy (non-hydrogen) atoms. The second-order valence-corrected chi connectivity index (χ2v) is 7.56. The molecular weight excluding hydrogens is 385 g/mol. The maximum Gasteiger partial charge on any atom is 0.337 e. The Morgan fingerprint density at radius 3 is 2.48 bits per heavy atom. The van der Waals surface area contributed by atoms with Crippen LogP contribution in [0.4, 0.5) is 0 Å². The number of rotatable bonds is 3. The Morgan fingerprint density at radius 1 is 1.20 bits per heavy atom. The number of amides is 1. The van der Waals surface area contributed by atoms with Crippen molar-refractivity contribution >= 4 is 50.7 Å². The number of hydrogen-bond acceptors (Lipinski definition) is 4. The molecule has 2 N–H and O–H groups in total. The van der Waals surface area contributed by atoms with Crippen molar-refractivity contribution in [2.24, 2.45) is 5.73 Å². The second kappa shape index (κ2) is 6.33. The highest BCUT2D eigenvalue weighted by molar-refractivity contribution is 7.18. The minimum Gasteiger partial charge on any atom is -0.368 e. The van der Waals surface area contributed by atoms with Crippen LogP contribution in [0.5, 0.6) is 0 Å². The zero-order valence-electron chi connectivity index (χ0n) is 13.3. The van der Waals surface area contributed by atoms with E-state index >= 15 is 0 Å². The first-order valence-electron chi connectivity index (χ1n) is 7.21. The van der Waals surface area contributed by atoms with Gasteiger partial charge in [0.1, 0.15) is 11.4 Å². The fraction of sp³-hybridized carbons (Fsp3) is 0.188. The van der Waals surface area contributed by atoms with Gasteiger partial charge in [0.05, 0.1) is 21.1 Å². The zero-order valence-corrected chi connectivity index (χ0v) is 15.6. The Morgan fingerprint density at radius 2 is 1.88 bits per heavy atom. The Hall–Kier alpha value is -2.09. The molecule has 6 nitrogen and oxygen atoms in total. The molecule has 0 radical (unpaired) electrons. The zero-order chi connectivity index (χ0) is 18.5. The molecule has 0 atom stereocenters. The van der Waals surface area contributed by atoms with E-state index in [9.17, 15) is 14.4 Å². The molecule has 0 aliphatic rings. The van der Waals surface area contributed by atoms with Crippen molar-refractivity contribution < 1.29 is 4.79 Å². The Kier molecular flexibility index (Phi) is 4.49. The summed E-state index contributed by atoms with van der Waals surface area (Å²) in [7, 11) is 0. The van der Waals surface area contributed by atoms with Gasteiger partial charge in [0.2, 0.25) is 5.91 Å². The number of thiophene rings is 1. The van der Waals surface area contributed by atoms with Gasteiger partial charge >= 0.3 is 5.69 Å². The molecule has 2 heterocycles. The second-order valence-electron chi connectivity index (χ2n) is 5.54. The van der Waals surface area contributed by atoms with E-state index in [2.05, 4.69) is 0 Å². The van der Waals surface area contributed by atoms with E-state index in [1.54, 1.807) is 6.92 Å². The number of aryl methyl sites for hydroxylation is 2. The van der Waals surface area contributed by atoms with Crippen LogP contribution in [0, 0.1) is 13.8 Å². The van der Waals surface area contributed by atoms with Crippen molar-refractivity contribution in [1.82, 2.24) is 9.13 Å². The monoisotopic (exact) mass is 397 g/mol. The van der Waals surface area contributed by atoms with E-state index in [1.165, 1.54) is 34.1 Å². The van der Waals surface area contributed by atoms with E-state index < -0.39 is 17.2 Å². The number of aromatic nitrogens is 2.